The molecule has 0 aliphatic heterocycles. The van der Waals surface area contributed by atoms with Crippen LogP contribution >= 0.6 is 22.9 Å². The number of halogens is 1. The molecular weight excluding hydrogens is 378 g/mol. The Morgan fingerprint density at radius 1 is 1.26 bits per heavy atom. The Balaban J connectivity index is 1.68. The van der Waals surface area contributed by atoms with Crippen LogP contribution < -0.4 is 10.9 Å². The van der Waals surface area contributed by atoms with Gasteiger partial charge in [-0.15, -0.1) is 11.3 Å². The highest BCUT2D eigenvalue weighted by Crippen LogP contribution is 2.34. The summed E-state index contributed by atoms with van der Waals surface area (Å²) in [6.45, 7) is 4.75. The number of thiophene rings is 1. The lowest BCUT2D eigenvalue weighted by Gasteiger charge is -2.17. The molecule has 27 heavy (non-hydrogen) atoms. The van der Waals surface area contributed by atoms with E-state index in [0.717, 1.165) is 46.5 Å². The number of anilines is 1. The number of fused-ring (bicyclic) bond motifs is 3. The maximum atomic E-state index is 13.3. The Bertz CT molecular complexity index is 1040. The average Bonchev–Trinajstić information content (AvgIpc) is 3.01. The highest BCUT2D eigenvalue weighted by atomic mass is 35.5. The number of hydrogen-bond donors (Lipinski definition) is 1. The molecule has 0 fully saturated rings. The minimum absolute atomic E-state index is 0.0522. The van der Waals surface area contributed by atoms with E-state index in [1.807, 2.05) is 38.1 Å². The molecule has 0 saturated heterocycles. The standard InChI is InChI=1S/C21H24ClN3OS/c1-13(2)25-20(26)18-15-8-4-6-10-17(15)27-19(18)24-21(25)23-12-11-14-7-3-5-9-16(14)22/h3,5,7,9,13H,4,6,8,10-12H2,1-2H3,(H,23,24). The Morgan fingerprint density at radius 2 is 2.04 bits per heavy atom. The maximum Gasteiger partial charge on any atom is 0.264 e. The Kier molecular flexibility index (Phi) is 5.24. The molecule has 0 saturated carbocycles. The zero-order valence-electron chi connectivity index (χ0n) is 15.7. The van der Waals surface area contributed by atoms with Gasteiger partial charge in [0.15, 0.2) is 0 Å². The monoisotopic (exact) mass is 401 g/mol. The molecule has 2 aromatic heterocycles. The highest BCUT2D eigenvalue weighted by Gasteiger charge is 2.22. The Hall–Kier alpha value is -1.85. The van der Waals surface area contributed by atoms with Crippen LogP contribution in [0.4, 0.5) is 5.95 Å². The number of nitrogens with zero attached hydrogens (tertiary/aromatic N) is 2. The molecule has 0 bridgehead atoms. The van der Waals surface area contributed by atoms with E-state index in [-0.39, 0.29) is 11.6 Å². The lowest BCUT2D eigenvalue weighted by molar-refractivity contribution is 0.579. The SMILES string of the molecule is CC(C)n1c(NCCc2ccccc2Cl)nc2sc3c(c2c1=O)CCCC3. The van der Waals surface area contributed by atoms with Gasteiger partial charge in [0.25, 0.3) is 5.56 Å². The van der Waals surface area contributed by atoms with Crippen molar-refractivity contribution in [2.24, 2.45) is 0 Å². The van der Waals surface area contributed by atoms with Crippen molar-refractivity contribution in [2.45, 2.75) is 52.0 Å². The number of benzene rings is 1. The molecule has 3 aromatic rings. The first-order chi connectivity index (χ1) is 13.1. The van der Waals surface area contributed by atoms with Crippen molar-refractivity contribution in [3.63, 3.8) is 0 Å². The quantitative estimate of drug-likeness (QED) is 0.637. The predicted molar refractivity (Wildman–Crippen MR) is 115 cm³/mol. The Labute approximate surface area is 168 Å². The van der Waals surface area contributed by atoms with Crippen LogP contribution in [0.25, 0.3) is 10.2 Å². The largest absolute Gasteiger partial charge is 0.355 e. The smallest absolute Gasteiger partial charge is 0.264 e. The molecule has 1 aliphatic carbocycles. The fraction of sp³-hybridized carbons (Fsp3) is 0.429. The van der Waals surface area contributed by atoms with Gasteiger partial charge in [0, 0.05) is 22.5 Å². The van der Waals surface area contributed by atoms with Crippen LogP contribution in [0.5, 0.6) is 0 Å². The van der Waals surface area contributed by atoms with Crippen molar-refractivity contribution in [3.8, 4) is 0 Å². The van der Waals surface area contributed by atoms with E-state index < -0.39 is 0 Å². The van der Waals surface area contributed by atoms with Crippen molar-refractivity contribution in [2.75, 3.05) is 11.9 Å². The number of aryl methyl sites for hydroxylation is 2. The summed E-state index contributed by atoms with van der Waals surface area (Å²) in [5.41, 5.74) is 2.43. The lowest BCUT2D eigenvalue weighted by atomic mass is 9.97. The van der Waals surface area contributed by atoms with Gasteiger partial charge in [0.2, 0.25) is 5.95 Å². The van der Waals surface area contributed by atoms with Gasteiger partial charge >= 0.3 is 0 Å². The second kappa shape index (κ2) is 7.64. The van der Waals surface area contributed by atoms with Crippen molar-refractivity contribution < 1.29 is 0 Å². The molecule has 142 valence electrons. The number of hydrogen-bond acceptors (Lipinski definition) is 4. The van der Waals surface area contributed by atoms with E-state index in [2.05, 4.69) is 5.32 Å². The van der Waals surface area contributed by atoms with Crippen molar-refractivity contribution >= 4 is 39.1 Å². The van der Waals surface area contributed by atoms with Gasteiger partial charge in [-0.3, -0.25) is 9.36 Å². The van der Waals surface area contributed by atoms with Crippen LogP contribution in [0.2, 0.25) is 5.02 Å². The van der Waals surface area contributed by atoms with E-state index in [1.54, 1.807) is 15.9 Å². The van der Waals surface area contributed by atoms with Gasteiger partial charge in [-0.25, -0.2) is 4.98 Å². The van der Waals surface area contributed by atoms with E-state index in [9.17, 15) is 4.79 Å². The van der Waals surface area contributed by atoms with Crippen LogP contribution in [-0.2, 0) is 19.3 Å². The first-order valence-electron chi connectivity index (χ1n) is 9.60. The third-order valence-corrected chi connectivity index (χ3v) is 6.73. The second-order valence-corrected chi connectivity index (χ2v) is 8.85. The van der Waals surface area contributed by atoms with Gasteiger partial charge in [-0.1, -0.05) is 29.8 Å². The first kappa shape index (κ1) is 18.5. The summed E-state index contributed by atoms with van der Waals surface area (Å²) in [7, 11) is 0. The second-order valence-electron chi connectivity index (χ2n) is 7.36. The summed E-state index contributed by atoms with van der Waals surface area (Å²) in [5, 5.41) is 5.00. The van der Waals surface area contributed by atoms with Crippen LogP contribution in [-0.4, -0.2) is 16.1 Å². The lowest BCUT2D eigenvalue weighted by Crippen LogP contribution is -2.27. The summed E-state index contributed by atoms with van der Waals surface area (Å²) < 4.78 is 1.80. The molecule has 0 spiro atoms. The van der Waals surface area contributed by atoms with Gasteiger partial charge in [-0.05, 0) is 63.1 Å². The minimum Gasteiger partial charge on any atom is -0.355 e. The third kappa shape index (κ3) is 3.50. The molecule has 4 nitrogen and oxygen atoms in total. The molecule has 1 aliphatic rings. The molecule has 1 aromatic carbocycles. The van der Waals surface area contributed by atoms with Crippen molar-refractivity contribution in [1.29, 1.82) is 0 Å². The highest BCUT2D eigenvalue weighted by molar-refractivity contribution is 7.18. The predicted octanol–water partition coefficient (Wildman–Crippen LogP) is 5.23. The molecule has 0 atom stereocenters. The van der Waals surface area contributed by atoms with Crippen LogP contribution in [0.3, 0.4) is 0 Å². The summed E-state index contributed by atoms with van der Waals surface area (Å²) in [6, 6.07) is 7.91. The molecule has 2 heterocycles. The fourth-order valence-electron chi connectivity index (χ4n) is 3.83. The fourth-order valence-corrected chi connectivity index (χ4v) is 5.31. The van der Waals surface area contributed by atoms with Gasteiger partial charge in [-0.2, -0.15) is 0 Å². The van der Waals surface area contributed by atoms with Gasteiger partial charge in [0.1, 0.15) is 4.83 Å². The molecule has 6 heteroatoms. The molecular formula is C21H24ClN3OS. The van der Waals surface area contributed by atoms with Crippen LogP contribution in [0.1, 0.15) is 48.7 Å². The summed E-state index contributed by atoms with van der Waals surface area (Å²) in [5.74, 6) is 0.660. The summed E-state index contributed by atoms with van der Waals surface area (Å²) >= 11 is 7.95. The molecule has 1 N–H and O–H groups in total. The third-order valence-electron chi connectivity index (χ3n) is 5.17. The molecule has 0 radical (unpaired) electrons. The summed E-state index contributed by atoms with van der Waals surface area (Å²) in [4.78, 5) is 20.4. The maximum absolute atomic E-state index is 13.3. The van der Waals surface area contributed by atoms with Crippen molar-refractivity contribution in [1.82, 2.24) is 9.55 Å². The minimum atomic E-state index is 0.0522. The van der Waals surface area contributed by atoms with Crippen LogP contribution in [0, 0.1) is 0 Å². The molecule has 4 rings (SSSR count). The van der Waals surface area contributed by atoms with E-state index in [0.29, 0.717) is 12.5 Å². The van der Waals surface area contributed by atoms with E-state index in [1.165, 1.54) is 16.9 Å². The topological polar surface area (TPSA) is 46.9 Å². The van der Waals surface area contributed by atoms with Gasteiger partial charge in [0.05, 0.1) is 5.39 Å². The van der Waals surface area contributed by atoms with Crippen molar-refractivity contribution in [3.05, 3.63) is 55.6 Å². The zero-order chi connectivity index (χ0) is 19.0. The first-order valence-corrected chi connectivity index (χ1v) is 10.8. The Morgan fingerprint density at radius 3 is 2.81 bits per heavy atom. The summed E-state index contributed by atoms with van der Waals surface area (Å²) in [6.07, 6.45) is 5.24. The van der Waals surface area contributed by atoms with Gasteiger partial charge < -0.3 is 5.32 Å². The normalized spacial score (nSPS) is 13.9. The van der Waals surface area contributed by atoms with Crippen LogP contribution in [0.15, 0.2) is 29.1 Å². The molecule has 0 unspecified atom stereocenters. The zero-order valence-corrected chi connectivity index (χ0v) is 17.3. The average molecular weight is 402 g/mol. The number of rotatable bonds is 5. The van der Waals surface area contributed by atoms with E-state index in [4.69, 9.17) is 16.6 Å². The van der Waals surface area contributed by atoms with E-state index >= 15 is 0 Å². The number of aromatic nitrogens is 2. The molecule has 0 amide bonds. The number of nitrogens with one attached hydrogen (secondary N) is 1.